The van der Waals surface area contributed by atoms with Crippen LogP contribution in [0, 0.1) is 20.8 Å². The number of benzene rings is 2. The predicted octanol–water partition coefficient (Wildman–Crippen LogP) is 4.58. The minimum Gasteiger partial charge on any atom is -0.368 e. The highest BCUT2D eigenvalue weighted by atomic mass is 32.1. The number of hydrogen-bond acceptors (Lipinski definition) is 9. The lowest BCUT2D eigenvalue weighted by Gasteiger charge is -2.36. The number of nitrogens with one attached hydrogen (secondary N) is 2. The molecule has 1 aliphatic heterocycles. The van der Waals surface area contributed by atoms with E-state index in [0.717, 1.165) is 43.0 Å². The van der Waals surface area contributed by atoms with Crippen molar-refractivity contribution in [2.24, 2.45) is 0 Å². The predicted molar refractivity (Wildman–Crippen MR) is 145 cm³/mol. The molecule has 1 aliphatic rings. The lowest BCUT2D eigenvalue weighted by Crippen LogP contribution is -2.47. The van der Waals surface area contributed by atoms with Crippen molar-refractivity contribution in [3.8, 4) is 0 Å². The van der Waals surface area contributed by atoms with Crippen molar-refractivity contribution in [1.82, 2.24) is 19.9 Å². The first-order valence-electron chi connectivity index (χ1n) is 11.8. The van der Waals surface area contributed by atoms with Crippen molar-refractivity contribution in [3.05, 3.63) is 76.6 Å². The van der Waals surface area contributed by atoms with Gasteiger partial charge in [-0.25, -0.2) is 4.98 Å². The van der Waals surface area contributed by atoms with E-state index in [1.807, 2.05) is 45.0 Å². The van der Waals surface area contributed by atoms with Crippen LogP contribution in [0.4, 0.5) is 28.4 Å². The smallest absolute Gasteiger partial charge is 0.267 e. The van der Waals surface area contributed by atoms with Gasteiger partial charge in [-0.15, -0.1) is 0 Å². The normalized spacial score (nSPS) is 13.5. The van der Waals surface area contributed by atoms with Crippen LogP contribution in [0.25, 0.3) is 0 Å². The van der Waals surface area contributed by atoms with E-state index in [1.165, 1.54) is 17.0 Å². The summed E-state index contributed by atoms with van der Waals surface area (Å²) in [4.78, 5) is 35.8. The molecule has 36 heavy (non-hydrogen) atoms. The standard InChI is InChI=1S/C26H28N8OS/c1-17-8-7-9-18(2)22(17)30-23(35)21-16-27-26(36-21)32-24-28-19(3)29-25(31-24)34-14-12-33(13-15-34)20-10-5-4-6-11-20/h4-11,16H,12-15H2,1-3H3,(H,30,35)(H,27,28,29,31,32). The summed E-state index contributed by atoms with van der Waals surface area (Å²) in [6, 6.07) is 16.4. The highest BCUT2D eigenvalue weighted by Crippen LogP contribution is 2.25. The number of aryl methyl sites for hydroxylation is 3. The summed E-state index contributed by atoms with van der Waals surface area (Å²) in [6.07, 6.45) is 1.56. The van der Waals surface area contributed by atoms with Gasteiger partial charge < -0.3 is 15.1 Å². The van der Waals surface area contributed by atoms with Crippen LogP contribution in [-0.2, 0) is 0 Å². The summed E-state index contributed by atoms with van der Waals surface area (Å²) in [5.41, 5.74) is 4.09. The van der Waals surface area contributed by atoms with Gasteiger partial charge in [0.2, 0.25) is 11.9 Å². The minimum absolute atomic E-state index is 0.193. The van der Waals surface area contributed by atoms with E-state index in [4.69, 9.17) is 0 Å². The second-order valence-electron chi connectivity index (χ2n) is 8.69. The molecule has 0 atom stereocenters. The fourth-order valence-corrected chi connectivity index (χ4v) is 4.89. The van der Waals surface area contributed by atoms with Crippen molar-refractivity contribution in [2.75, 3.05) is 46.6 Å². The van der Waals surface area contributed by atoms with E-state index < -0.39 is 0 Å². The molecule has 1 saturated heterocycles. The topological polar surface area (TPSA) is 99.2 Å². The second kappa shape index (κ2) is 10.3. The third-order valence-corrected chi connectivity index (χ3v) is 7.00. The number of rotatable bonds is 6. The molecule has 0 spiro atoms. The van der Waals surface area contributed by atoms with Gasteiger partial charge in [0.05, 0.1) is 6.20 Å². The maximum Gasteiger partial charge on any atom is 0.267 e. The summed E-state index contributed by atoms with van der Waals surface area (Å²) < 4.78 is 0. The van der Waals surface area contributed by atoms with Gasteiger partial charge in [-0.05, 0) is 44.0 Å². The molecule has 1 fully saturated rings. The Hall–Kier alpha value is -4.05. The lowest BCUT2D eigenvalue weighted by atomic mass is 10.1. The van der Waals surface area contributed by atoms with Crippen LogP contribution >= 0.6 is 11.3 Å². The van der Waals surface area contributed by atoms with Crippen molar-refractivity contribution in [1.29, 1.82) is 0 Å². The molecule has 1 amide bonds. The molecule has 9 nitrogen and oxygen atoms in total. The quantitative estimate of drug-likeness (QED) is 0.397. The average molecular weight is 501 g/mol. The van der Waals surface area contributed by atoms with E-state index >= 15 is 0 Å². The molecule has 2 aromatic heterocycles. The Bertz CT molecular complexity index is 1350. The van der Waals surface area contributed by atoms with Crippen LogP contribution in [0.3, 0.4) is 0 Å². The number of para-hydroxylation sites is 2. The van der Waals surface area contributed by atoms with Gasteiger partial charge in [0.25, 0.3) is 5.91 Å². The van der Waals surface area contributed by atoms with E-state index in [1.54, 1.807) is 6.20 Å². The number of hydrogen-bond donors (Lipinski definition) is 2. The van der Waals surface area contributed by atoms with Gasteiger partial charge in [0, 0.05) is 37.6 Å². The van der Waals surface area contributed by atoms with Crippen molar-refractivity contribution < 1.29 is 4.79 Å². The van der Waals surface area contributed by atoms with E-state index in [-0.39, 0.29) is 5.91 Å². The largest absolute Gasteiger partial charge is 0.368 e. The number of aromatic nitrogens is 4. The highest BCUT2D eigenvalue weighted by Gasteiger charge is 2.21. The van der Waals surface area contributed by atoms with Crippen molar-refractivity contribution in [3.63, 3.8) is 0 Å². The van der Waals surface area contributed by atoms with Crippen LogP contribution in [0.5, 0.6) is 0 Å². The molecule has 3 heterocycles. The number of amides is 1. The van der Waals surface area contributed by atoms with Gasteiger partial charge in [0.1, 0.15) is 10.7 Å². The monoisotopic (exact) mass is 500 g/mol. The maximum absolute atomic E-state index is 12.8. The third-order valence-electron chi connectivity index (χ3n) is 6.09. The summed E-state index contributed by atoms with van der Waals surface area (Å²) in [7, 11) is 0. The second-order valence-corrected chi connectivity index (χ2v) is 9.72. The van der Waals surface area contributed by atoms with E-state index in [9.17, 15) is 4.79 Å². The first-order valence-corrected chi connectivity index (χ1v) is 12.7. The first kappa shape index (κ1) is 23.7. The molecule has 2 aromatic carbocycles. The molecule has 10 heteroatoms. The van der Waals surface area contributed by atoms with Crippen LogP contribution in [-0.4, -0.2) is 52.0 Å². The average Bonchev–Trinajstić information content (AvgIpc) is 3.35. The zero-order valence-electron chi connectivity index (χ0n) is 20.5. The number of anilines is 5. The fraction of sp³-hybridized carbons (Fsp3) is 0.269. The number of carbonyl (C=O) groups excluding carboxylic acids is 1. The Morgan fingerprint density at radius 1 is 0.861 bits per heavy atom. The maximum atomic E-state index is 12.8. The Morgan fingerprint density at radius 3 is 2.28 bits per heavy atom. The molecule has 5 rings (SSSR count). The fourth-order valence-electron chi connectivity index (χ4n) is 4.19. The number of carbonyl (C=O) groups is 1. The van der Waals surface area contributed by atoms with E-state index in [2.05, 4.69) is 64.6 Å². The summed E-state index contributed by atoms with van der Waals surface area (Å²) in [5, 5.41) is 6.70. The Balaban J connectivity index is 1.25. The Kier molecular flexibility index (Phi) is 6.77. The zero-order valence-corrected chi connectivity index (χ0v) is 21.3. The molecule has 184 valence electrons. The SMILES string of the molecule is Cc1nc(Nc2ncc(C(=O)Nc3c(C)cccc3C)s2)nc(N2CCN(c3ccccc3)CC2)n1. The molecule has 2 N–H and O–H groups in total. The first-order chi connectivity index (χ1) is 17.5. The third kappa shape index (κ3) is 5.28. The van der Waals surface area contributed by atoms with Crippen molar-refractivity contribution in [2.45, 2.75) is 20.8 Å². The van der Waals surface area contributed by atoms with Gasteiger partial charge in [-0.3, -0.25) is 10.1 Å². The highest BCUT2D eigenvalue weighted by molar-refractivity contribution is 7.17. The van der Waals surface area contributed by atoms with Gasteiger partial charge in [-0.2, -0.15) is 15.0 Å². The molecule has 0 bridgehead atoms. The number of nitrogens with zero attached hydrogens (tertiary/aromatic N) is 6. The molecule has 0 radical (unpaired) electrons. The van der Waals surface area contributed by atoms with Crippen LogP contribution < -0.4 is 20.4 Å². The Morgan fingerprint density at radius 2 is 1.56 bits per heavy atom. The molecule has 0 saturated carbocycles. The lowest BCUT2D eigenvalue weighted by molar-refractivity contribution is 0.103. The molecule has 4 aromatic rings. The zero-order chi connectivity index (χ0) is 25.1. The Labute approximate surface area is 214 Å². The van der Waals surface area contributed by atoms with Gasteiger partial charge >= 0.3 is 0 Å². The molecular formula is C26H28N8OS. The summed E-state index contributed by atoms with van der Waals surface area (Å²) >= 11 is 1.26. The van der Waals surface area contributed by atoms with Crippen molar-refractivity contribution >= 4 is 45.6 Å². The summed E-state index contributed by atoms with van der Waals surface area (Å²) in [6.45, 7) is 9.22. The van der Waals surface area contributed by atoms with Crippen LogP contribution in [0.1, 0.15) is 26.6 Å². The molecule has 0 aliphatic carbocycles. The number of thiazole rings is 1. The molecule has 0 unspecified atom stereocenters. The van der Waals surface area contributed by atoms with E-state index in [0.29, 0.717) is 27.7 Å². The number of piperazine rings is 1. The van der Waals surface area contributed by atoms with Gasteiger partial charge in [-0.1, -0.05) is 47.7 Å². The van der Waals surface area contributed by atoms with Crippen LogP contribution in [0.15, 0.2) is 54.7 Å². The summed E-state index contributed by atoms with van der Waals surface area (Å²) in [5.74, 6) is 1.49. The van der Waals surface area contributed by atoms with Crippen LogP contribution in [0.2, 0.25) is 0 Å². The molecular weight excluding hydrogens is 472 g/mol. The minimum atomic E-state index is -0.193. The van der Waals surface area contributed by atoms with Gasteiger partial charge in [0.15, 0.2) is 5.13 Å².